The third-order valence-corrected chi connectivity index (χ3v) is 10.3. The molecule has 160 valence electrons. The molecule has 2 aliphatic heterocycles. The summed E-state index contributed by atoms with van der Waals surface area (Å²) in [6, 6.07) is -0.353. The maximum absolute atomic E-state index is 13.2. The summed E-state index contributed by atoms with van der Waals surface area (Å²) in [4.78, 5) is 13.2. The molecule has 2 heterocycles. The number of hydrogen-bond donors (Lipinski definition) is 2. The van der Waals surface area contributed by atoms with Crippen molar-refractivity contribution in [1.29, 1.82) is 0 Å². The molecule has 4 rings (SSSR count). The molecule has 0 unspecified atom stereocenters. The smallest absolute Gasteiger partial charge is 0.267 e. The van der Waals surface area contributed by atoms with Gasteiger partial charge >= 0.3 is 0 Å². The van der Waals surface area contributed by atoms with E-state index in [1.807, 2.05) is 6.92 Å². The fraction of sp³-hybridized carbons (Fsp3) is 0.950. The van der Waals surface area contributed by atoms with Crippen LogP contribution >= 0.6 is 0 Å². The quantitative estimate of drug-likeness (QED) is 0.720. The maximum Gasteiger partial charge on any atom is 0.267 e. The molecule has 0 aromatic carbocycles. The summed E-state index contributed by atoms with van der Waals surface area (Å²) < 4.78 is 32.8. The summed E-state index contributed by atoms with van der Waals surface area (Å²) in [5, 5.41) is 20.8. The van der Waals surface area contributed by atoms with Crippen LogP contribution in [0.5, 0.6) is 0 Å². The van der Waals surface area contributed by atoms with Crippen molar-refractivity contribution in [2.45, 2.75) is 96.2 Å². The first-order valence-corrected chi connectivity index (χ1v) is 12.2. The molecule has 0 radical (unpaired) electrons. The van der Waals surface area contributed by atoms with E-state index in [0.29, 0.717) is 31.6 Å². The lowest BCUT2D eigenvalue weighted by atomic mass is 9.69. The van der Waals surface area contributed by atoms with Gasteiger partial charge in [0.1, 0.15) is 0 Å². The van der Waals surface area contributed by atoms with Gasteiger partial charge in [-0.05, 0) is 56.3 Å². The van der Waals surface area contributed by atoms with E-state index in [0.717, 1.165) is 23.6 Å². The van der Waals surface area contributed by atoms with Gasteiger partial charge in [-0.3, -0.25) is 4.79 Å². The number of fused-ring (bicyclic) bond motifs is 1. The summed E-state index contributed by atoms with van der Waals surface area (Å²) in [6.07, 6.45) is 1.58. The molecule has 4 fully saturated rings. The van der Waals surface area contributed by atoms with Gasteiger partial charge in [0.15, 0.2) is 6.10 Å². The van der Waals surface area contributed by atoms with Crippen molar-refractivity contribution in [3.05, 3.63) is 0 Å². The Labute approximate surface area is 167 Å². The molecular formula is C20H33NO6S. The van der Waals surface area contributed by atoms with Crippen LogP contribution in [-0.2, 0) is 19.6 Å². The van der Waals surface area contributed by atoms with Crippen LogP contribution < -0.4 is 0 Å². The second-order valence-electron chi connectivity index (χ2n) is 9.82. The lowest BCUT2D eigenvalue weighted by Gasteiger charge is -2.38. The first-order valence-electron chi connectivity index (χ1n) is 10.6. The van der Waals surface area contributed by atoms with Crippen LogP contribution in [0, 0.1) is 16.7 Å². The van der Waals surface area contributed by atoms with E-state index in [1.54, 1.807) is 0 Å². The standard InChI is InChI=1S/C20H33NO6S/c1-4-13(22)14-6-5-7-15(27-14)17(23)18(24)21-16-10-12-8-9-20(16,19(12,2)3)11-28(21,25)26/h12-17,22-23H,4-11H2,1-3H3/t12-,13-,14+,15-,16-,17+,20-/m1/s1. The van der Waals surface area contributed by atoms with Crippen molar-refractivity contribution < 1.29 is 28.2 Å². The highest BCUT2D eigenvalue weighted by molar-refractivity contribution is 7.90. The van der Waals surface area contributed by atoms with Crippen LogP contribution in [0.1, 0.15) is 65.7 Å². The van der Waals surface area contributed by atoms with E-state index in [-0.39, 0.29) is 17.2 Å². The fourth-order valence-electron chi connectivity index (χ4n) is 6.53. The Hall–Kier alpha value is -0.700. The van der Waals surface area contributed by atoms with E-state index < -0.39 is 45.8 Å². The average molecular weight is 416 g/mol. The molecular weight excluding hydrogens is 382 g/mol. The van der Waals surface area contributed by atoms with Gasteiger partial charge in [0.2, 0.25) is 10.0 Å². The van der Waals surface area contributed by atoms with E-state index in [2.05, 4.69) is 13.8 Å². The zero-order valence-electron chi connectivity index (χ0n) is 17.0. The molecule has 2 aliphatic carbocycles. The summed E-state index contributed by atoms with van der Waals surface area (Å²) in [5.41, 5.74) is -0.525. The van der Waals surface area contributed by atoms with Crippen molar-refractivity contribution in [3.8, 4) is 0 Å². The van der Waals surface area contributed by atoms with Crippen molar-refractivity contribution in [2.24, 2.45) is 16.7 Å². The molecule has 2 saturated heterocycles. The van der Waals surface area contributed by atoms with Gasteiger partial charge in [0.05, 0.1) is 30.1 Å². The maximum atomic E-state index is 13.2. The molecule has 2 N–H and O–H groups in total. The number of ether oxygens (including phenoxy) is 1. The number of amides is 1. The van der Waals surface area contributed by atoms with Crippen molar-refractivity contribution in [3.63, 3.8) is 0 Å². The number of aliphatic hydroxyl groups is 2. The van der Waals surface area contributed by atoms with Gasteiger partial charge in [-0.25, -0.2) is 12.7 Å². The Morgan fingerprint density at radius 3 is 2.54 bits per heavy atom. The van der Waals surface area contributed by atoms with E-state index in [1.165, 1.54) is 0 Å². The Balaban J connectivity index is 1.56. The predicted octanol–water partition coefficient (Wildman–Crippen LogP) is 1.42. The third-order valence-electron chi connectivity index (χ3n) is 8.41. The van der Waals surface area contributed by atoms with Crippen LogP contribution in [0.25, 0.3) is 0 Å². The molecule has 2 saturated carbocycles. The van der Waals surface area contributed by atoms with Crippen LogP contribution in [0.2, 0.25) is 0 Å². The predicted molar refractivity (Wildman–Crippen MR) is 103 cm³/mol. The van der Waals surface area contributed by atoms with Gasteiger partial charge in [-0.1, -0.05) is 20.8 Å². The summed E-state index contributed by atoms with van der Waals surface area (Å²) in [6.45, 7) is 6.11. The van der Waals surface area contributed by atoms with Crippen molar-refractivity contribution in [1.82, 2.24) is 4.31 Å². The highest BCUT2D eigenvalue weighted by Crippen LogP contribution is 2.70. The lowest BCUT2D eigenvalue weighted by molar-refractivity contribution is -0.165. The highest BCUT2D eigenvalue weighted by atomic mass is 32.2. The third kappa shape index (κ3) is 2.71. The minimum absolute atomic E-state index is 0.00464. The van der Waals surface area contributed by atoms with Gasteiger partial charge in [0, 0.05) is 5.41 Å². The summed E-state index contributed by atoms with van der Waals surface area (Å²) in [5.74, 6) is -0.340. The van der Waals surface area contributed by atoms with E-state index in [4.69, 9.17) is 4.74 Å². The van der Waals surface area contributed by atoms with Crippen LogP contribution in [0.4, 0.5) is 0 Å². The molecule has 1 spiro atoms. The largest absolute Gasteiger partial charge is 0.390 e. The van der Waals surface area contributed by atoms with Crippen molar-refractivity contribution in [2.75, 3.05) is 5.75 Å². The minimum Gasteiger partial charge on any atom is -0.390 e. The Morgan fingerprint density at radius 1 is 1.21 bits per heavy atom. The fourth-order valence-corrected chi connectivity index (χ4v) is 9.08. The zero-order chi connectivity index (χ0) is 20.5. The molecule has 2 bridgehead atoms. The lowest BCUT2D eigenvalue weighted by Crippen LogP contribution is -2.53. The molecule has 0 aromatic rings. The first-order chi connectivity index (χ1) is 13.0. The van der Waals surface area contributed by atoms with E-state index >= 15 is 0 Å². The zero-order valence-corrected chi connectivity index (χ0v) is 17.8. The van der Waals surface area contributed by atoms with Crippen LogP contribution in [0.3, 0.4) is 0 Å². The molecule has 8 heteroatoms. The average Bonchev–Trinajstić information content (AvgIpc) is 3.14. The second-order valence-corrected chi connectivity index (χ2v) is 11.7. The van der Waals surface area contributed by atoms with E-state index in [9.17, 15) is 23.4 Å². The summed E-state index contributed by atoms with van der Waals surface area (Å²) >= 11 is 0. The number of aliphatic hydroxyl groups excluding tert-OH is 2. The Bertz CT molecular complexity index is 752. The van der Waals surface area contributed by atoms with Crippen molar-refractivity contribution >= 4 is 15.9 Å². The molecule has 7 atom stereocenters. The number of sulfonamides is 1. The molecule has 7 nitrogen and oxygen atoms in total. The SMILES string of the molecule is CC[C@@H](O)[C@@H]1CCC[C@H]([C@H](O)C(=O)N2[C@@H]3C[C@H]4CC[C@]3(CS2(=O)=O)C4(C)C)O1. The van der Waals surface area contributed by atoms with Crippen LogP contribution in [-0.4, -0.2) is 65.1 Å². The molecule has 4 aliphatic rings. The number of rotatable bonds is 4. The monoisotopic (exact) mass is 415 g/mol. The molecule has 28 heavy (non-hydrogen) atoms. The van der Waals surface area contributed by atoms with Gasteiger partial charge in [-0.15, -0.1) is 0 Å². The number of hydrogen-bond acceptors (Lipinski definition) is 6. The first kappa shape index (κ1) is 20.6. The van der Waals surface area contributed by atoms with Gasteiger partial charge in [0.25, 0.3) is 5.91 Å². The van der Waals surface area contributed by atoms with Gasteiger partial charge < -0.3 is 14.9 Å². The normalized spacial score (nSPS) is 43.0. The molecule has 1 amide bonds. The number of carbonyl (C=O) groups excluding carboxylic acids is 1. The number of nitrogens with zero attached hydrogens (tertiary/aromatic N) is 1. The topological polar surface area (TPSA) is 104 Å². The Morgan fingerprint density at radius 2 is 1.89 bits per heavy atom. The number of carbonyl (C=O) groups is 1. The molecule has 0 aromatic heterocycles. The minimum atomic E-state index is -3.76. The second kappa shape index (κ2) is 6.65. The Kier molecular flexibility index (Phi) is 4.89. The van der Waals surface area contributed by atoms with Crippen LogP contribution in [0.15, 0.2) is 0 Å². The van der Waals surface area contributed by atoms with Gasteiger partial charge in [-0.2, -0.15) is 0 Å². The summed E-state index contributed by atoms with van der Waals surface area (Å²) in [7, 11) is -3.76. The highest BCUT2D eigenvalue weighted by Gasteiger charge is 2.72.